The van der Waals surface area contributed by atoms with Crippen molar-refractivity contribution >= 4 is 34.8 Å². The fourth-order valence-corrected chi connectivity index (χ4v) is 2.26. The molecule has 23 heavy (non-hydrogen) atoms. The van der Waals surface area contributed by atoms with Crippen LogP contribution < -0.4 is 10.2 Å². The summed E-state index contributed by atoms with van der Waals surface area (Å²) < 4.78 is 13.0. The number of benzene rings is 2. The molecule has 0 atom stereocenters. The van der Waals surface area contributed by atoms with Gasteiger partial charge >= 0.3 is 0 Å². The first-order valence-electron chi connectivity index (χ1n) is 6.97. The maximum absolute atomic E-state index is 13.0. The number of halogens is 2. The van der Waals surface area contributed by atoms with Crippen LogP contribution >= 0.6 is 11.6 Å². The molecule has 0 aliphatic rings. The molecule has 1 N–H and O–H groups in total. The van der Waals surface area contributed by atoms with Crippen molar-refractivity contribution in [3.05, 3.63) is 58.9 Å². The number of anilines is 2. The largest absolute Gasteiger partial charge is 0.324 e. The summed E-state index contributed by atoms with van der Waals surface area (Å²) in [5.74, 6) is -1.08. The van der Waals surface area contributed by atoms with Crippen LogP contribution in [0.5, 0.6) is 0 Å². The second kappa shape index (κ2) is 7.24. The lowest BCUT2D eigenvalue weighted by atomic mass is 10.2. The summed E-state index contributed by atoms with van der Waals surface area (Å²) in [6.45, 7) is 2.97. The lowest BCUT2D eigenvalue weighted by Gasteiger charge is -2.21. The van der Waals surface area contributed by atoms with Crippen LogP contribution in [0.1, 0.15) is 12.5 Å². The summed E-state index contributed by atoms with van der Waals surface area (Å²) in [5, 5.41) is 3.27. The van der Waals surface area contributed by atoms with Crippen molar-refractivity contribution < 1.29 is 14.0 Å². The standard InChI is InChI=1S/C17H16ClFN2O2/c1-11-15(18)4-3-5-16(11)20-17(23)10-21(12(2)22)14-8-6-13(19)7-9-14/h3-9H,10H2,1-2H3,(H,20,23). The highest BCUT2D eigenvalue weighted by atomic mass is 35.5. The second-order valence-corrected chi connectivity index (χ2v) is 5.45. The predicted octanol–water partition coefficient (Wildman–Crippen LogP) is 3.78. The Morgan fingerprint density at radius 1 is 1.17 bits per heavy atom. The number of rotatable bonds is 4. The average molecular weight is 335 g/mol. The van der Waals surface area contributed by atoms with Gasteiger partial charge in [-0.2, -0.15) is 0 Å². The monoisotopic (exact) mass is 334 g/mol. The van der Waals surface area contributed by atoms with Crippen LogP contribution in [0.2, 0.25) is 5.02 Å². The number of nitrogens with one attached hydrogen (secondary N) is 1. The topological polar surface area (TPSA) is 49.4 Å². The number of carbonyl (C=O) groups excluding carboxylic acids is 2. The third kappa shape index (κ3) is 4.29. The average Bonchev–Trinajstić information content (AvgIpc) is 2.50. The van der Waals surface area contributed by atoms with Crippen LogP contribution in [-0.2, 0) is 9.59 Å². The van der Waals surface area contributed by atoms with Gasteiger partial charge in [-0.1, -0.05) is 17.7 Å². The van der Waals surface area contributed by atoms with Crippen LogP contribution in [0, 0.1) is 12.7 Å². The molecule has 0 aliphatic carbocycles. The van der Waals surface area contributed by atoms with Gasteiger partial charge in [0.05, 0.1) is 0 Å². The van der Waals surface area contributed by atoms with Crippen LogP contribution in [0.15, 0.2) is 42.5 Å². The summed E-state index contributed by atoms with van der Waals surface area (Å²) in [5.41, 5.74) is 1.79. The van der Waals surface area contributed by atoms with Gasteiger partial charge in [0.15, 0.2) is 0 Å². The smallest absolute Gasteiger partial charge is 0.244 e. The van der Waals surface area contributed by atoms with E-state index in [0.717, 1.165) is 5.56 Å². The van der Waals surface area contributed by atoms with Crippen molar-refractivity contribution in [1.29, 1.82) is 0 Å². The van der Waals surface area contributed by atoms with Gasteiger partial charge in [0, 0.05) is 23.3 Å². The van der Waals surface area contributed by atoms with Crippen molar-refractivity contribution in [3.63, 3.8) is 0 Å². The molecule has 0 spiro atoms. The van der Waals surface area contributed by atoms with E-state index < -0.39 is 5.82 Å². The maximum atomic E-state index is 13.0. The molecule has 6 heteroatoms. The van der Waals surface area contributed by atoms with Gasteiger partial charge in [0.25, 0.3) is 0 Å². The lowest BCUT2D eigenvalue weighted by molar-refractivity contribution is -0.120. The summed E-state index contributed by atoms with van der Waals surface area (Å²) in [7, 11) is 0. The van der Waals surface area contributed by atoms with Gasteiger partial charge in [0.1, 0.15) is 12.4 Å². The Kier molecular flexibility index (Phi) is 5.34. The molecule has 0 radical (unpaired) electrons. The van der Waals surface area contributed by atoms with E-state index in [0.29, 0.717) is 16.4 Å². The second-order valence-electron chi connectivity index (χ2n) is 5.04. The summed E-state index contributed by atoms with van der Waals surface area (Å²) >= 11 is 6.01. The highest BCUT2D eigenvalue weighted by Crippen LogP contribution is 2.23. The van der Waals surface area contributed by atoms with E-state index >= 15 is 0 Å². The molecule has 0 aromatic heterocycles. The van der Waals surface area contributed by atoms with E-state index in [2.05, 4.69) is 5.32 Å². The number of hydrogen-bond donors (Lipinski definition) is 1. The Hall–Kier alpha value is -2.40. The molecule has 0 aliphatic heterocycles. The Morgan fingerprint density at radius 3 is 2.43 bits per heavy atom. The van der Waals surface area contributed by atoms with Crippen LogP contribution in [0.25, 0.3) is 0 Å². The molecule has 2 rings (SSSR count). The van der Waals surface area contributed by atoms with E-state index in [9.17, 15) is 14.0 Å². The number of amides is 2. The molecule has 2 aromatic rings. The predicted molar refractivity (Wildman–Crippen MR) is 89.2 cm³/mol. The minimum absolute atomic E-state index is 0.174. The Morgan fingerprint density at radius 2 is 1.83 bits per heavy atom. The highest BCUT2D eigenvalue weighted by Gasteiger charge is 2.16. The molecular formula is C17H16ClFN2O2. The van der Waals surface area contributed by atoms with Crippen molar-refractivity contribution in [2.24, 2.45) is 0 Å². The van der Waals surface area contributed by atoms with Crippen molar-refractivity contribution in [3.8, 4) is 0 Å². The third-order valence-corrected chi connectivity index (χ3v) is 3.77. The van der Waals surface area contributed by atoms with Crippen LogP contribution in [0.4, 0.5) is 15.8 Å². The third-order valence-electron chi connectivity index (χ3n) is 3.36. The minimum Gasteiger partial charge on any atom is -0.324 e. The van der Waals surface area contributed by atoms with Crippen molar-refractivity contribution in [1.82, 2.24) is 0 Å². The molecule has 0 fully saturated rings. The van der Waals surface area contributed by atoms with Gasteiger partial charge in [-0.3, -0.25) is 9.59 Å². The summed E-state index contributed by atoms with van der Waals surface area (Å²) in [4.78, 5) is 25.3. The molecule has 4 nitrogen and oxygen atoms in total. The highest BCUT2D eigenvalue weighted by molar-refractivity contribution is 6.31. The fourth-order valence-electron chi connectivity index (χ4n) is 2.08. The first-order valence-corrected chi connectivity index (χ1v) is 7.35. The zero-order valence-electron chi connectivity index (χ0n) is 12.8. The first kappa shape index (κ1) is 17.0. The SMILES string of the molecule is CC(=O)N(CC(=O)Nc1cccc(Cl)c1C)c1ccc(F)cc1. The van der Waals surface area contributed by atoms with Gasteiger partial charge in [-0.15, -0.1) is 0 Å². The molecular weight excluding hydrogens is 319 g/mol. The quantitative estimate of drug-likeness (QED) is 0.925. The normalized spacial score (nSPS) is 10.3. The van der Waals surface area contributed by atoms with Crippen molar-refractivity contribution in [2.75, 3.05) is 16.8 Å². The van der Waals surface area contributed by atoms with E-state index in [1.54, 1.807) is 25.1 Å². The number of nitrogens with zero attached hydrogens (tertiary/aromatic N) is 1. The van der Waals surface area contributed by atoms with Crippen LogP contribution in [-0.4, -0.2) is 18.4 Å². The van der Waals surface area contributed by atoms with E-state index in [1.807, 2.05) is 0 Å². The fraction of sp³-hybridized carbons (Fsp3) is 0.176. The van der Waals surface area contributed by atoms with Crippen LogP contribution in [0.3, 0.4) is 0 Å². The Labute approximate surface area is 138 Å². The minimum atomic E-state index is -0.406. The molecule has 0 bridgehead atoms. The molecule has 120 valence electrons. The van der Waals surface area contributed by atoms with Gasteiger partial charge in [-0.25, -0.2) is 4.39 Å². The molecule has 2 amide bonds. The Bertz CT molecular complexity index is 732. The van der Waals surface area contributed by atoms with Gasteiger partial charge in [0.2, 0.25) is 11.8 Å². The van der Waals surface area contributed by atoms with Gasteiger partial charge < -0.3 is 10.2 Å². The molecule has 0 saturated carbocycles. The summed E-state index contributed by atoms with van der Waals surface area (Å²) in [6.07, 6.45) is 0. The zero-order valence-corrected chi connectivity index (χ0v) is 13.5. The molecule has 0 saturated heterocycles. The lowest BCUT2D eigenvalue weighted by Crippen LogP contribution is -2.36. The van der Waals surface area contributed by atoms with E-state index in [4.69, 9.17) is 11.6 Å². The van der Waals surface area contributed by atoms with Gasteiger partial charge in [-0.05, 0) is 48.9 Å². The molecule has 0 heterocycles. The first-order chi connectivity index (χ1) is 10.9. The summed E-state index contributed by atoms with van der Waals surface area (Å²) in [6, 6.07) is 10.6. The molecule has 0 unspecified atom stereocenters. The Balaban J connectivity index is 2.14. The number of carbonyl (C=O) groups is 2. The van der Waals surface area contributed by atoms with E-state index in [-0.39, 0.29) is 18.4 Å². The van der Waals surface area contributed by atoms with Crippen molar-refractivity contribution in [2.45, 2.75) is 13.8 Å². The number of hydrogen-bond acceptors (Lipinski definition) is 2. The molecule has 2 aromatic carbocycles. The maximum Gasteiger partial charge on any atom is 0.244 e. The van der Waals surface area contributed by atoms with E-state index in [1.165, 1.54) is 36.1 Å². The zero-order chi connectivity index (χ0) is 17.0.